The van der Waals surface area contributed by atoms with Gasteiger partial charge in [0.1, 0.15) is 24.4 Å². The molecule has 4 N–H and O–H groups in total. The maximum Gasteiger partial charge on any atom is 0.186 e. The van der Waals surface area contributed by atoms with E-state index in [1.807, 2.05) is 0 Å². The molecule has 3 saturated carbocycles. The monoisotopic (exact) mass is 574 g/mol. The van der Waals surface area contributed by atoms with E-state index in [-0.39, 0.29) is 11.5 Å². The Morgan fingerprint density at radius 3 is 2.49 bits per heavy atom. The van der Waals surface area contributed by atoms with E-state index in [1.54, 1.807) is 0 Å². The quantitative estimate of drug-likeness (QED) is 0.261. The molecule has 0 unspecified atom stereocenters. The third kappa shape index (κ3) is 5.64. The number of hydrogen-bond donors (Lipinski definition) is 4. The Kier molecular flexibility index (Phi) is 9.51. The zero-order valence-corrected chi connectivity index (χ0v) is 26.3. The summed E-state index contributed by atoms with van der Waals surface area (Å²) in [6.07, 6.45) is 9.51. The third-order valence-corrected chi connectivity index (χ3v) is 13.2. The van der Waals surface area contributed by atoms with Crippen molar-refractivity contribution in [3.05, 3.63) is 23.8 Å². The number of aliphatic hydroxyl groups excluding tert-OH is 4. The number of hydrogen-bond acceptors (Lipinski definition) is 6. The minimum absolute atomic E-state index is 0.107. The van der Waals surface area contributed by atoms with Gasteiger partial charge in [-0.1, -0.05) is 51.5 Å². The number of rotatable bonds is 9. The smallest absolute Gasteiger partial charge is 0.186 e. The van der Waals surface area contributed by atoms with E-state index in [1.165, 1.54) is 56.1 Å². The van der Waals surface area contributed by atoms with Gasteiger partial charge in [0, 0.05) is 0 Å². The van der Waals surface area contributed by atoms with Crippen LogP contribution in [-0.2, 0) is 9.47 Å². The molecule has 1 heterocycles. The topological polar surface area (TPSA) is 99.4 Å². The van der Waals surface area contributed by atoms with Crippen LogP contribution < -0.4 is 0 Å². The Balaban J connectivity index is 1.24. The van der Waals surface area contributed by atoms with Crippen molar-refractivity contribution >= 4 is 0 Å². The second-order valence-corrected chi connectivity index (χ2v) is 15.2. The summed E-state index contributed by atoms with van der Waals surface area (Å²) in [6.45, 7) is 16.0. The molecule has 14 atom stereocenters. The van der Waals surface area contributed by atoms with Gasteiger partial charge < -0.3 is 29.9 Å². The van der Waals surface area contributed by atoms with Crippen LogP contribution in [0.25, 0.3) is 0 Å². The molecule has 0 spiro atoms. The highest BCUT2D eigenvalue weighted by molar-refractivity contribution is 5.25. The Hall–Kier alpha value is -0.760. The highest BCUT2D eigenvalue weighted by Crippen LogP contribution is 2.67. The number of aliphatic hydroxyl groups is 4. The molecule has 4 aliphatic carbocycles. The van der Waals surface area contributed by atoms with Crippen LogP contribution in [0.3, 0.4) is 0 Å². The molecular weight excluding hydrogens is 516 g/mol. The second kappa shape index (κ2) is 12.3. The fraction of sp³-hybridized carbons (Fsp3) is 0.886. The summed E-state index contributed by atoms with van der Waals surface area (Å²) in [7, 11) is 0. The Morgan fingerprint density at radius 2 is 1.80 bits per heavy atom. The van der Waals surface area contributed by atoms with Gasteiger partial charge in [-0.2, -0.15) is 0 Å². The van der Waals surface area contributed by atoms with Gasteiger partial charge in [-0.15, -0.1) is 0 Å². The second-order valence-electron chi connectivity index (χ2n) is 15.2. The predicted octanol–water partition coefficient (Wildman–Crippen LogP) is 5.77. The number of ether oxygens (including phenoxy) is 2. The van der Waals surface area contributed by atoms with E-state index in [9.17, 15) is 20.4 Å². The first-order valence-corrected chi connectivity index (χ1v) is 16.7. The van der Waals surface area contributed by atoms with Crippen LogP contribution in [0, 0.1) is 46.3 Å². The van der Waals surface area contributed by atoms with Gasteiger partial charge in [0.15, 0.2) is 6.29 Å². The van der Waals surface area contributed by atoms with Crippen molar-refractivity contribution in [3.8, 4) is 0 Å². The summed E-state index contributed by atoms with van der Waals surface area (Å²) in [5, 5.41) is 40.4. The molecule has 0 aromatic heterocycles. The van der Waals surface area contributed by atoms with Crippen molar-refractivity contribution in [1.82, 2.24) is 0 Å². The maximum absolute atomic E-state index is 10.5. The fourth-order valence-electron chi connectivity index (χ4n) is 10.6. The maximum atomic E-state index is 10.5. The van der Waals surface area contributed by atoms with Crippen LogP contribution in [0.15, 0.2) is 23.8 Å². The van der Waals surface area contributed by atoms with Crippen LogP contribution >= 0.6 is 0 Å². The van der Waals surface area contributed by atoms with Gasteiger partial charge in [-0.3, -0.25) is 0 Å². The molecule has 6 heteroatoms. The van der Waals surface area contributed by atoms with E-state index in [4.69, 9.17) is 9.47 Å². The summed E-state index contributed by atoms with van der Waals surface area (Å²) in [5.74, 6) is 4.57. The molecule has 234 valence electrons. The van der Waals surface area contributed by atoms with Crippen molar-refractivity contribution in [2.24, 2.45) is 46.3 Å². The lowest BCUT2D eigenvalue weighted by atomic mass is 9.47. The van der Waals surface area contributed by atoms with Gasteiger partial charge >= 0.3 is 0 Å². The van der Waals surface area contributed by atoms with E-state index in [2.05, 4.69) is 47.3 Å². The van der Waals surface area contributed by atoms with Crippen LogP contribution in [0.2, 0.25) is 0 Å². The van der Waals surface area contributed by atoms with Crippen molar-refractivity contribution in [3.63, 3.8) is 0 Å². The van der Waals surface area contributed by atoms with Gasteiger partial charge in [-0.05, 0) is 124 Å². The van der Waals surface area contributed by atoms with Crippen LogP contribution in [0.5, 0.6) is 0 Å². The van der Waals surface area contributed by atoms with Gasteiger partial charge in [0.05, 0.1) is 12.7 Å². The Morgan fingerprint density at radius 1 is 1.05 bits per heavy atom. The molecule has 0 radical (unpaired) electrons. The zero-order valence-electron chi connectivity index (χ0n) is 26.3. The minimum Gasteiger partial charge on any atom is -0.394 e. The molecule has 1 saturated heterocycles. The van der Waals surface area contributed by atoms with E-state index >= 15 is 0 Å². The summed E-state index contributed by atoms with van der Waals surface area (Å²) >= 11 is 0. The van der Waals surface area contributed by atoms with Crippen LogP contribution in [0.4, 0.5) is 0 Å². The standard InChI is InChI=1S/C35H58O6/c1-7-22(20(2)3)9-8-21(4)26-12-13-27-25-11-10-23-18-24(14-16-34(23,5)28(25)15-17-35(26,27)6)40-33-32(39)31(38)30(37)29(19-36)41-33/h10,21-22,24-33,36-39H,2,7-9,11-19H2,1,3-6H3/t21-,22+,24+,25+,26-,27+,28+,29-,30-,31+,32-,33-,34+,35-/m1/s1. The molecule has 1 aliphatic heterocycles. The molecule has 41 heavy (non-hydrogen) atoms. The first kappa shape index (κ1) is 31.7. The van der Waals surface area contributed by atoms with Crippen molar-refractivity contribution in [1.29, 1.82) is 0 Å². The van der Waals surface area contributed by atoms with E-state index in [0.29, 0.717) is 11.3 Å². The van der Waals surface area contributed by atoms with E-state index < -0.39 is 37.3 Å². The first-order valence-electron chi connectivity index (χ1n) is 16.7. The Bertz CT molecular complexity index is 962. The lowest BCUT2D eigenvalue weighted by Gasteiger charge is -2.58. The van der Waals surface area contributed by atoms with Crippen molar-refractivity contribution in [2.75, 3.05) is 6.61 Å². The zero-order chi connectivity index (χ0) is 29.7. The summed E-state index contributed by atoms with van der Waals surface area (Å²) in [6, 6.07) is 0. The average Bonchev–Trinajstić information content (AvgIpc) is 3.30. The largest absolute Gasteiger partial charge is 0.394 e. The summed E-state index contributed by atoms with van der Waals surface area (Å²) < 4.78 is 11.9. The van der Waals surface area contributed by atoms with Crippen LogP contribution in [0.1, 0.15) is 105 Å². The fourth-order valence-corrected chi connectivity index (χ4v) is 10.6. The molecule has 0 aromatic rings. The van der Waals surface area contributed by atoms with Crippen molar-refractivity contribution < 1.29 is 29.9 Å². The van der Waals surface area contributed by atoms with Crippen LogP contribution in [-0.4, -0.2) is 63.8 Å². The third-order valence-electron chi connectivity index (χ3n) is 13.2. The highest BCUT2D eigenvalue weighted by Gasteiger charge is 2.59. The minimum atomic E-state index is -1.40. The molecule has 6 nitrogen and oxygen atoms in total. The molecule has 0 amide bonds. The molecule has 0 aromatic carbocycles. The lowest BCUT2D eigenvalue weighted by molar-refractivity contribution is -0.313. The molecule has 0 bridgehead atoms. The average molecular weight is 575 g/mol. The number of allylic oxidation sites excluding steroid dienone is 2. The molecule has 5 aliphatic rings. The first-order chi connectivity index (χ1) is 19.4. The lowest BCUT2D eigenvalue weighted by Crippen LogP contribution is -2.60. The van der Waals surface area contributed by atoms with Crippen molar-refractivity contribution in [2.45, 2.75) is 142 Å². The SMILES string of the molecule is C=C(C)[C@@H](CC)CC[C@@H](C)[C@H]1CC[C@H]2[C@@H]3CC=C4C[C@@H](O[C@@H]5O[C@H](CO)[C@@H](O)[C@H](O)[C@H]5O)CC[C@]4(C)[C@H]3CC[C@]12C. The predicted molar refractivity (Wildman–Crippen MR) is 161 cm³/mol. The molecule has 5 rings (SSSR count). The summed E-state index contributed by atoms with van der Waals surface area (Å²) in [5.41, 5.74) is 3.49. The van der Waals surface area contributed by atoms with Gasteiger partial charge in [0.2, 0.25) is 0 Å². The Labute approximate surface area is 248 Å². The summed E-state index contributed by atoms with van der Waals surface area (Å²) in [4.78, 5) is 0. The highest BCUT2D eigenvalue weighted by atomic mass is 16.7. The number of fused-ring (bicyclic) bond motifs is 5. The molecular formula is C35H58O6. The van der Waals surface area contributed by atoms with Gasteiger partial charge in [0.25, 0.3) is 0 Å². The normalized spacial score (nSPS) is 47.5. The van der Waals surface area contributed by atoms with E-state index in [0.717, 1.165) is 55.3 Å². The molecule has 4 fully saturated rings. The van der Waals surface area contributed by atoms with Gasteiger partial charge in [-0.25, -0.2) is 0 Å².